The second-order valence-electron chi connectivity index (χ2n) is 5.37. The fourth-order valence-electron chi connectivity index (χ4n) is 2.45. The van der Waals surface area contributed by atoms with Crippen LogP contribution >= 0.6 is 40.1 Å². The van der Waals surface area contributed by atoms with E-state index in [9.17, 15) is 4.79 Å². The van der Waals surface area contributed by atoms with Gasteiger partial charge in [0.05, 0.1) is 11.4 Å². The Morgan fingerprint density at radius 2 is 2.04 bits per heavy atom. The molecule has 2 heterocycles. The number of hydrogen-bond acceptors (Lipinski definition) is 5. The first kappa shape index (κ1) is 19.2. The lowest BCUT2D eigenvalue weighted by Gasteiger charge is -2.27. The number of nitrogens with zero attached hydrogens (tertiary/aromatic N) is 2. The molecule has 0 aliphatic carbocycles. The van der Waals surface area contributed by atoms with Crippen molar-refractivity contribution in [3.8, 4) is 0 Å². The van der Waals surface area contributed by atoms with E-state index >= 15 is 0 Å². The van der Waals surface area contributed by atoms with Gasteiger partial charge in [0.1, 0.15) is 0 Å². The van der Waals surface area contributed by atoms with E-state index in [2.05, 4.69) is 41.1 Å². The Morgan fingerprint density at radius 1 is 1.25 bits per heavy atom. The average molecular weight is 425 g/mol. The molecular weight excluding hydrogens is 404 g/mol. The first-order valence-corrected chi connectivity index (χ1v) is 9.75. The van der Waals surface area contributed by atoms with E-state index in [4.69, 9.17) is 0 Å². The summed E-state index contributed by atoms with van der Waals surface area (Å²) in [6, 6.07) is 12.3. The van der Waals surface area contributed by atoms with Crippen LogP contribution < -0.4 is 4.90 Å². The molecule has 128 valence electrons. The maximum Gasteiger partial charge on any atom is 0.192 e. The largest absolute Gasteiger partial charge is 0.313 e. The summed E-state index contributed by atoms with van der Waals surface area (Å²) in [4.78, 5) is 20.1. The Bertz CT molecular complexity index is 684. The standard InChI is InChI=1S/C18H20N2OS2.BrH/c1-2-14-6-8-15(9-7-14)20(18-19-10-4-12-23-18)13-16(21)17-5-3-11-22-17;/h3,5-9,11H,2,4,10,12-13H2,1H3;1H. The lowest BCUT2D eigenvalue weighted by Crippen LogP contribution is -2.35. The minimum absolute atomic E-state index is 0. The molecule has 1 aliphatic rings. The van der Waals surface area contributed by atoms with Crippen molar-refractivity contribution in [1.82, 2.24) is 0 Å². The molecule has 6 heteroatoms. The van der Waals surface area contributed by atoms with Gasteiger partial charge in [-0.1, -0.05) is 36.9 Å². The molecule has 3 nitrogen and oxygen atoms in total. The predicted molar refractivity (Wildman–Crippen MR) is 112 cm³/mol. The van der Waals surface area contributed by atoms with Crippen LogP contribution in [0.2, 0.25) is 0 Å². The third kappa shape index (κ3) is 4.71. The van der Waals surface area contributed by atoms with E-state index in [0.717, 1.165) is 40.9 Å². The van der Waals surface area contributed by atoms with Crippen molar-refractivity contribution in [3.05, 3.63) is 52.2 Å². The summed E-state index contributed by atoms with van der Waals surface area (Å²) in [5.41, 5.74) is 2.34. The molecule has 0 N–H and O–H groups in total. The zero-order valence-electron chi connectivity index (χ0n) is 13.6. The van der Waals surface area contributed by atoms with Crippen molar-refractivity contribution < 1.29 is 4.79 Å². The average Bonchev–Trinajstić information content (AvgIpc) is 3.15. The van der Waals surface area contributed by atoms with Crippen LogP contribution in [0.5, 0.6) is 0 Å². The summed E-state index contributed by atoms with van der Waals surface area (Å²) >= 11 is 3.24. The highest BCUT2D eigenvalue weighted by molar-refractivity contribution is 8.93. The maximum atomic E-state index is 12.6. The predicted octanol–water partition coefficient (Wildman–Crippen LogP) is 5.07. The highest BCUT2D eigenvalue weighted by atomic mass is 79.9. The number of anilines is 1. The molecule has 2 aromatic rings. The number of ketones is 1. The summed E-state index contributed by atoms with van der Waals surface area (Å²) in [6.07, 6.45) is 2.12. The molecule has 0 spiro atoms. The number of aliphatic imine (C=N–C) groups is 1. The number of hydrogen-bond donors (Lipinski definition) is 0. The van der Waals surface area contributed by atoms with Gasteiger partial charge in [-0.2, -0.15) is 0 Å². The fourth-order valence-corrected chi connectivity index (χ4v) is 4.07. The van der Waals surface area contributed by atoms with Gasteiger partial charge in [-0.25, -0.2) is 0 Å². The zero-order chi connectivity index (χ0) is 16.1. The second kappa shape index (κ2) is 9.39. The number of thiophene rings is 1. The Morgan fingerprint density at radius 3 is 2.62 bits per heavy atom. The van der Waals surface area contributed by atoms with Crippen LogP contribution in [0, 0.1) is 0 Å². The summed E-state index contributed by atoms with van der Waals surface area (Å²) in [7, 11) is 0. The number of amidine groups is 1. The first-order chi connectivity index (χ1) is 11.3. The van der Waals surface area contributed by atoms with Crippen molar-refractivity contribution in [2.24, 2.45) is 4.99 Å². The van der Waals surface area contributed by atoms with Crippen molar-refractivity contribution in [2.45, 2.75) is 19.8 Å². The van der Waals surface area contributed by atoms with E-state index in [1.165, 1.54) is 16.9 Å². The van der Waals surface area contributed by atoms with Gasteiger partial charge in [0, 0.05) is 18.0 Å². The van der Waals surface area contributed by atoms with Crippen molar-refractivity contribution in [2.75, 3.05) is 23.7 Å². The van der Waals surface area contributed by atoms with Gasteiger partial charge < -0.3 is 4.90 Å². The Labute approximate surface area is 161 Å². The van der Waals surface area contributed by atoms with E-state index in [0.29, 0.717) is 6.54 Å². The summed E-state index contributed by atoms with van der Waals surface area (Å²) in [5, 5.41) is 2.91. The highest BCUT2D eigenvalue weighted by Gasteiger charge is 2.20. The van der Waals surface area contributed by atoms with Crippen LogP contribution in [0.25, 0.3) is 0 Å². The fraction of sp³-hybridized carbons (Fsp3) is 0.333. The summed E-state index contributed by atoms with van der Waals surface area (Å²) < 4.78 is 0. The molecule has 0 radical (unpaired) electrons. The van der Waals surface area contributed by atoms with E-state index in [1.807, 2.05) is 17.5 Å². The molecule has 0 bridgehead atoms. The lowest BCUT2D eigenvalue weighted by molar-refractivity contribution is 0.101. The van der Waals surface area contributed by atoms with E-state index in [1.54, 1.807) is 11.8 Å². The molecule has 3 rings (SSSR count). The normalized spacial score (nSPS) is 13.8. The van der Waals surface area contributed by atoms with Crippen LogP contribution in [0.4, 0.5) is 5.69 Å². The molecule has 1 aromatic carbocycles. The van der Waals surface area contributed by atoms with Gasteiger partial charge in [-0.15, -0.1) is 28.3 Å². The van der Waals surface area contributed by atoms with Crippen LogP contribution in [0.1, 0.15) is 28.6 Å². The number of thioether (sulfide) groups is 1. The molecule has 0 fully saturated rings. The van der Waals surface area contributed by atoms with Gasteiger partial charge in [0.25, 0.3) is 0 Å². The smallest absolute Gasteiger partial charge is 0.192 e. The molecule has 1 aromatic heterocycles. The molecule has 0 atom stereocenters. The van der Waals surface area contributed by atoms with Crippen molar-refractivity contribution >= 4 is 56.7 Å². The quantitative estimate of drug-likeness (QED) is 0.627. The van der Waals surface area contributed by atoms with Gasteiger partial charge in [-0.3, -0.25) is 9.79 Å². The molecule has 0 saturated carbocycles. The number of halogens is 1. The van der Waals surface area contributed by atoms with Crippen LogP contribution in [-0.4, -0.2) is 29.8 Å². The van der Waals surface area contributed by atoms with Gasteiger partial charge >= 0.3 is 0 Å². The number of rotatable bonds is 5. The second-order valence-corrected chi connectivity index (χ2v) is 7.38. The Hall–Kier alpha value is -1.11. The third-order valence-corrected chi connectivity index (χ3v) is 5.78. The SMILES string of the molecule is Br.CCc1ccc(N(CC(=O)c2cccs2)C2=NCCCS2)cc1. The Kier molecular flexibility index (Phi) is 7.52. The van der Waals surface area contributed by atoms with Gasteiger partial charge in [-0.05, 0) is 42.0 Å². The maximum absolute atomic E-state index is 12.6. The molecule has 0 amide bonds. The minimum atomic E-state index is 0. The number of Topliss-reactive ketones (excluding diaryl/α,β-unsaturated/α-hetero) is 1. The van der Waals surface area contributed by atoms with E-state index < -0.39 is 0 Å². The van der Waals surface area contributed by atoms with E-state index in [-0.39, 0.29) is 22.8 Å². The van der Waals surface area contributed by atoms with Crippen LogP contribution in [-0.2, 0) is 6.42 Å². The number of carbonyl (C=O) groups is 1. The summed E-state index contributed by atoms with van der Waals surface area (Å²) in [5.74, 6) is 1.21. The Balaban J connectivity index is 0.00000208. The molecule has 0 saturated heterocycles. The highest BCUT2D eigenvalue weighted by Crippen LogP contribution is 2.24. The zero-order valence-corrected chi connectivity index (χ0v) is 17.0. The first-order valence-electron chi connectivity index (χ1n) is 7.88. The van der Waals surface area contributed by atoms with Crippen LogP contribution in [0.15, 0.2) is 46.8 Å². The minimum Gasteiger partial charge on any atom is -0.313 e. The molecule has 24 heavy (non-hydrogen) atoms. The topological polar surface area (TPSA) is 32.7 Å². The number of aryl methyl sites for hydroxylation is 1. The van der Waals surface area contributed by atoms with Crippen molar-refractivity contribution in [1.29, 1.82) is 0 Å². The van der Waals surface area contributed by atoms with Gasteiger partial charge in [0.15, 0.2) is 11.0 Å². The lowest BCUT2D eigenvalue weighted by atomic mass is 10.1. The monoisotopic (exact) mass is 424 g/mol. The number of carbonyl (C=O) groups excluding carboxylic acids is 1. The third-order valence-electron chi connectivity index (χ3n) is 3.77. The van der Waals surface area contributed by atoms with Crippen molar-refractivity contribution in [3.63, 3.8) is 0 Å². The summed E-state index contributed by atoms with van der Waals surface area (Å²) in [6.45, 7) is 3.34. The number of benzene rings is 1. The molecular formula is C18H21BrN2OS2. The molecule has 0 unspecified atom stereocenters. The molecule has 1 aliphatic heterocycles. The van der Waals surface area contributed by atoms with Gasteiger partial charge in [0.2, 0.25) is 0 Å². The van der Waals surface area contributed by atoms with Crippen LogP contribution in [0.3, 0.4) is 0 Å².